The van der Waals surface area contributed by atoms with Crippen molar-refractivity contribution in [2.45, 2.75) is 25.3 Å². The van der Waals surface area contributed by atoms with Crippen molar-refractivity contribution in [1.82, 2.24) is 5.32 Å². The molecule has 1 unspecified atom stereocenters. The molecule has 0 aromatic heterocycles. The van der Waals surface area contributed by atoms with Crippen LogP contribution in [0.25, 0.3) is 0 Å². The summed E-state index contributed by atoms with van der Waals surface area (Å²) in [4.78, 5) is 0. The molecule has 1 atom stereocenters. The summed E-state index contributed by atoms with van der Waals surface area (Å²) in [5.41, 5.74) is 9.57. The van der Waals surface area contributed by atoms with E-state index in [9.17, 15) is 0 Å². The van der Waals surface area contributed by atoms with Crippen molar-refractivity contribution in [1.29, 1.82) is 0 Å². The van der Waals surface area contributed by atoms with Crippen molar-refractivity contribution >= 4 is 5.69 Å². The van der Waals surface area contributed by atoms with Gasteiger partial charge in [-0.15, -0.1) is 6.42 Å². The van der Waals surface area contributed by atoms with Gasteiger partial charge in [-0.3, -0.25) is 0 Å². The summed E-state index contributed by atoms with van der Waals surface area (Å²) in [6.45, 7) is 0.655. The number of nitrogens with one attached hydrogen (secondary N) is 1. The van der Waals surface area contributed by atoms with E-state index < -0.39 is 0 Å². The van der Waals surface area contributed by atoms with Crippen LogP contribution in [0.4, 0.5) is 5.69 Å². The Bertz CT molecular complexity index is 390. The third kappa shape index (κ3) is 2.14. The van der Waals surface area contributed by atoms with Gasteiger partial charge in [-0.05, 0) is 36.5 Å². The predicted octanol–water partition coefficient (Wildman–Crippen LogP) is 1.35. The Kier molecular flexibility index (Phi) is 2.94. The fourth-order valence-corrected chi connectivity index (χ4v) is 2.21. The van der Waals surface area contributed by atoms with Gasteiger partial charge >= 0.3 is 0 Å². The van der Waals surface area contributed by atoms with Gasteiger partial charge in [0.1, 0.15) is 0 Å². The maximum absolute atomic E-state index is 5.93. The molecule has 2 rings (SSSR count). The smallest absolute Gasteiger partial charge is 0.0576 e. The van der Waals surface area contributed by atoms with Gasteiger partial charge in [0, 0.05) is 11.7 Å². The van der Waals surface area contributed by atoms with Crippen LogP contribution >= 0.6 is 0 Å². The summed E-state index contributed by atoms with van der Waals surface area (Å²) >= 11 is 0. The summed E-state index contributed by atoms with van der Waals surface area (Å²) < 4.78 is 0. The minimum atomic E-state index is 0.510. The number of hydrogen-bond donors (Lipinski definition) is 2. The van der Waals surface area contributed by atoms with Gasteiger partial charge in [0.05, 0.1) is 6.54 Å². The molecule has 2 nitrogen and oxygen atoms in total. The molecule has 0 amide bonds. The summed E-state index contributed by atoms with van der Waals surface area (Å²) in [6.07, 6.45) is 8.46. The third-order valence-electron chi connectivity index (χ3n) is 3.01. The van der Waals surface area contributed by atoms with Gasteiger partial charge in [0.25, 0.3) is 0 Å². The average Bonchev–Trinajstić information content (AvgIpc) is 2.26. The highest BCUT2D eigenvalue weighted by Crippen LogP contribution is 2.25. The number of hydrogen-bond acceptors (Lipinski definition) is 2. The molecular weight excluding hydrogens is 184 g/mol. The zero-order chi connectivity index (χ0) is 10.7. The molecule has 0 saturated carbocycles. The van der Waals surface area contributed by atoms with Gasteiger partial charge in [-0.25, -0.2) is 0 Å². The lowest BCUT2D eigenvalue weighted by Crippen LogP contribution is -2.34. The normalized spacial score (nSPS) is 19.3. The number of nitrogens with two attached hydrogens (primary N) is 1. The molecule has 1 aliphatic carbocycles. The Hall–Kier alpha value is -1.46. The Morgan fingerprint density at radius 3 is 3.20 bits per heavy atom. The highest BCUT2D eigenvalue weighted by molar-refractivity contribution is 5.52. The average molecular weight is 200 g/mol. The van der Waals surface area contributed by atoms with E-state index in [2.05, 4.69) is 17.3 Å². The number of anilines is 1. The van der Waals surface area contributed by atoms with E-state index in [0.29, 0.717) is 12.6 Å². The third-order valence-corrected chi connectivity index (χ3v) is 3.01. The Morgan fingerprint density at radius 2 is 2.40 bits per heavy atom. The van der Waals surface area contributed by atoms with E-state index in [1.54, 1.807) is 0 Å². The molecule has 0 heterocycles. The number of benzene rings is 1. The van der Waals surface area contributed by atoms with Gasteiger partial charge in [0.2, 0.25) is 0 Å². The van der Waals surface area contributed by atoms with Crippen molar-refractivity contribution < 1.29 is 0 Å². The molecule has 0 bridgehead atoms. The Labute approximate surface area is 90.9 Å². The van der Waals surface area contributed by atoms with E-state index in [1.165, 1.54) is 11.1 Å². The predicted molar refractivity (Wildman–Crippen MR) is 63.5 cm³/mol. The van der Waals surface area contributed by atoms with E-state index >= 15 is 0 Å². The van der Waals surface area contributed by atoms with Crippen LogP contribution in [0.1, 0.15) is 17.5 Å². The zero-order valence-corrected chi connectivity index (χ0v) is 8.79. The first-order valence-corrected chi connectivity index (χ1v) is 5.34. The van der Waals surface area contributed by atoms with E-state index in [4.69, 9.17) is 12.2 Å². The molecule has 2 heteroatoms. The van der Waals surface area contributed by atoms with Crippen LogP contribution in [0.2, 0.25) is 0 Å². The van der Waals surface area contributed by atoms with E-state index in [1.807, 2.05) is 12.1 Å². The molecule has 0 aliphatic heterocycles. The molecule has 0 saturated heterocycles. The number of terminal acetylenes is 1. The molecule has 0 fully saturated rings. The second-order valence-corrected chi connectivity index (χ2v) is 4.01. The van der Waals surface area contributed by atoms with Crippen molar-refractivity contribution in [3.8, 4) is 12.3 Å². The SMILES string of the molecule is C#CCNC1CCc2c(N)cccc2C1. The second-order valence-electron chi connectivity index (χ2n) is 4.01. The molecule has 15 heavy (non-hydrogen) atoms. The lowest BCUT2D eigenvalue weighted by atomic mass is 9.87. The molecule has 78 valence electrons. The van der Waals surface area contributed by atoms with Crippen LogP contribution in [0.3, 0.4) is 0 Å². The highest BCUT2D eigenvalue weighted by atomic mass is 14.9. The maximum atomic E-state index is 5.93. The van der Waals surface area contributed by atoms with Crippen molar-refractivity contribution in [2.24, 2.45) is 0 Å². The molecule has 3 N–H and O–H groups in total. The van der Waals surface area contributed by atoms with Gasteiger partial charge in [0.15, 0.2) is 0 Å². The first-order chi connectivity index (χ1) is 7.31. The lowest BCUT2D eigenvalue weighted by molar-refractivity contribution is 0.483. The lowest BCUT2D eigenvalue weighted by Gasteiger charge is -2.25. The van der Waals surface area contributed by atoms with Crippen LogP contribution in [0.15, 0.2) is 18.2 Å². The van der Waals surface area contributed by atoms with Crippen LogP contribution in [-0.4, -0.2) is 12.6 Å². The van der Waals surface area contributed by atoms with E-state index in [0.717, 1.165) is 24.9 Å². The molecule has 1 aliphatic rings. The van der Waals surface area contributed by atoms with Crippen LogP contribution < -0.4 is 11.1 Å². The van der Waals surface area contributed by atoms with Gasteiger partial charge in [-0.1, -0.05) is 18.1 Å². The molecule has 1 aromatic carbocycles. The maximum Gasteiger partial charge on any atom is 0.0576 e. The first kappa shape index (κ1) is 10.1. The highest BCUT2D eigenvalue weighted by Gasteiger charge is 2.18. The van der Waals surface area contributed by atoms with Gasteiger partial charge < -0.3 is 11.1 Å². The topological polar surface area (TPSA) is 38.0 Å². The fourth-order valence-electron chi connectivity index (χ4n) is 2.21. The zero-order valence-electron chi connectivity index (χ0n) is 8.79. The van der Waals surface area contributed by atoms with Crippen molar-refractivity contribution in [3.05, 3.63) is 29.3 Å². The minimum Gasteiger partial charge on any atom is -0.398 e. The van der Waals surface area contributed by atoms with Gasteiger partial charge in [-0.2, -0.15) is 0 Å². The summed E-state index contributed by atoms with van der Waals surface area (Å²) in [7, 11) is 0. The van der Waals surface area contributed by atoms with Crippen molar-refractivity contribution in [3.63, 3.8) is 0 Å². The summed E-state index contributed by atoms with van der Waals surface area (Å²) in [5.74, 6) is 2.61. The fraction of sp³-hybridized carbons (Fsp3) is 0.385. The molecular formula is C13H16N2. The van der Waals surface area contributed by atoms with E-state index in [-0.39, 0.29) is 0 Å². The Morgan fingerprint density at radius 1 is 1.53 bits per heavy atom. The Balaban J connectivity index is 2.11. The quantitative estimate of drug-likeness (QED) is 0.558. The van der Waals surface area contributed by atoms with Crippen LogP contribution in [-0.2, 0) is 12.8 Å². The molecule has 0 radical (unpaired) electrons. The molecule has 0 spiro atoms. The number of nitrogen functional groups attached to an aromatic ring is 1. The standard InChI is InChI=1S/C13H16N2/c1-2-8-15-11-6-7-12-10(9-11)4-3-5-13(12)14/h1,3-5,11,15H,6-9,14H2. The summed E-state index contributed by atoms with van der Waals surface area (Å²) in [5, 5.41) is 3.35. The number of fused-ring (bicyclic) bond motifs is 1. The second kappa shape index (κ2) is 4.37. The molecule has 1 aromatic rings. The van der Waals surface area contributed by atoms with Crippen molar-refractivity contribution in [2.75, 3.05) is 12.3 Å². The largest absolute Gasteiger partial charge is 0.398 e. The van der Waals surface area contributed by atoms with Crippen LogP contribution in [0.5, 0.6) is 0 Å². The minimum absolute atomic E-state index is 0.510. The monoisotopic (exact) mass is 200 g/mol. The number of rotatable bonds is 2. The first-order valence-electron chi connectivity index (χ1n) is 5.34. The van der Waals surface area contributed by atoms with Crippen LogP contribution in [0, 0.1) is 12.3 Å². The summed E-state index contributed by atoms with van der Waals surface area (Å²) in [6, 6.07) is 6.68.